The Balaban J connectivity index is 2.33. The lowest BCUT2D eigenvalue weighted by atomic mass is 10.1. The first-order valence-corrected chi connectivity index (χ1v) is 5.96. The van der Waals surface area contributed by atoms with Crippen molar-refractivity contribution in [3.8, 4) is 0 Å². The Bertz CT molecular complexity index is 676. The van der Waals surface area contributed by atoms with Gasteiger partial charge in [-0.1, -0.05) is 0 Å². The highest BCUT2D eigenvalue weighted by Crippen LogP contribution is 2.16. The summed E-state index contributed by atoms with van der Waals surface area (Å²) >= 11 is 0. The van der Waals surface area contributed by atoms with Crippen molar-refractivity contribution >= 4 is 22.7 Å². The molecule has 6 heteroatoms. The highest BCUT2D eigenvalue weighted by molar-refractivity contribution is 5.81. The molecule has 1 amide bonds. The third-order valence-electron chi connectivity index (χ3n) is 2.51. The van der Waals surface area contributed by atoms with Crippen molar-refractivity contribution in [3.05, 3.63) is 28.7 Å². The summed E-state index contributed by atoms with van der Waals surface area (Å²) in [5.41, 5.74) is 6.72. The van der Waals surface area contributed by atoms with Gasteiger partial charge in [0.2, 0.25) is 5.91 Å². The summed E-state index contributed by atoms with van der Waals surface area (Å²) in [5, 5.41) is 2.80. The Labute approximate surface area is 110 Å². The number of anilines is 1. The maximum atomic E-state index is 11.9. The van der Waals surface area contributed by atoms with Crippen molar-refractivity contribution in [1.29, 1.82) is 0 Å². The number of hydrogen-bond donors (Lipinski definition) is 2. The van der Waals surface area contributed by atoms with E-state index in [0.717, 1.165) is 0 Å². The number of fused-ring (bicyclic) bond motifs is 1. The van der Waals surface area contributed by atoms with Gasteiger partial charge >= 0.3 is 5.76 Å². The zero-order valence-electron chi connectivity index (χ0n) is 11.2. The molecule has 0 bridgehead atoms. The minimum absolute atomic E-state index is 0.0764. The third kappa shape index (κ3) is 2.96. The first kappa shape index (κ1) is 13.2. The molecule has 19 heavy (non-hydrogen) atoms. The Hall–Kier alpha value is -2.24. The van der Waals surface area contributed by atoms with E-state index in [0.29, 0.717) is 16.8 Å². The number of carbonyl (C=O) groups is 1. The number of oxazole rings is 1. The molecule has 102 valence electrons. The lowest BCUT2D eigenvalue weighted by molar-refractivity contribution is -0.123. The topological polar surface area (TPSA) is 90.3 Å². The zero-order chi connectivity index (χ0) is 14.2. The summed E-state index contributed by atoms with van der Waals surface area (Å²) in [6.45, 7) is 5.55. The highest BCUT2D eigenvalue weighted by Gasteiger charge is 2.17. The summed E-state index contributed by atoms with van der Waals surface area (Å²) < 4.78 is 6.35. The van der Waals surface area contributed by atoms with Gasteiger partial charge in [0, 0.05) is 17.3 Å². The maximum Gasteiger partial charge on any atom is 0.420 e. The molecular formula is C13H17N3O3. The third-order valence-corrected chi connectivity index (χ3v) is 2.51. The first-order chi connectivity index (χ1) is 8.76. The van der Waals surface area contributed by atoms with E-state index in [1.807, 2.05) is 20.8 Å². The molecule has 0 fully saturated rings. The molecule has 0 saturated carbocycles. The molecule has 0 aliphatic heterocycles. The molecule has 6 nitrogen and oxygen atoms in total. The van der Waals surface area contributed by atoms with E-state index >= 15 is 0 Å². The smallest absolute Gasteiger partial charge is 0.408 e. The van der Waals surface area contributed by atoms with Crippen molar-refractivity contribution in [2.45, 2.75) is 32.9 Å². The van der Waals surface area contributed by atoms with E-state index in [9.17, 15) is 9.59 Å². The van der Waals surface area contributed by atoms with Crippen molar-refractivity contribution in [2.75, 3.05) is 5.73 Å². The number of rotatable bonds is 2. The number of aromatic nitrogens is 1. The van der Waals surface area contributed by atoms with Crippen molar-refractivity contribution < 1.29 is 9.21 Å². The van der Waals surface area contributed by atoms with Gasteiger partial charge in [-0.3, -0.25) is 9.36 Å². The predicted molar refractivity (Wildman–Crippen MR) is 72.8 cm³/mol. The van der Waals surface area contributed by atoms with Crippen LogP contribution in [-0.4, -0.2) is 16.0 Å². The van der Waals surface area contributed by atoms with E-state index in [-0.39, 0.29) is 18.0 Å². The minimum atomic E-state index is -0.565. The average molecular weight is 263 g/mol. The molecule has 0 atom stereocenters. The minimum Gasteiger partial charge on any atom is -0.408 e. The maximum absolute atomic E-state index is 11.9. The Morgan fingerprint density at radius 2 is 2.11 bits per heavy atom. The van der Waals surface area contributed by atoms with Gasteiger partial charge in [0.05, 0.1) is 5.52 Å². The zero-order valence-corrected chi connectivity index (χ0v) is 11.2. The Morgan fingerprint density at radius 1 is 1.42 bits per heavy atom. The van der Waals surface area contributed by atoms with Gasteiger partial charge in [-0.05, 0) is 32.9 Å². The van der Waals surface area contributed by atoms with E-state index in [1.54, 1.807) is 18.2 Å². The monoisotopic (exact) mass is 263 g/mol. The summed E-state index contributed by atoms with van der Waals surface area (Å²) in [6, 6.07) is 4.89. The molecule has 0 aliphatic carbocycles. The molecule has 0 unspecified atom stereocenters. The van der Waals surface area contributed by atoms with Crippen molar-refractivity contribution in [2.24, 2.45) is 0 Å². The molecule has 0 radical (unpaired) electrons. The number of hydrogen-bond acceptors (Lipinski definition) is 4. The predicted octanol–water partition coefficient (Wildman–Crippen LogP) is 1.09. The van der Waals surface area contributed by atoms with E-state index in [2.05, 4.69) is 5.32 Å². The molecule has 0 spiro atoms. The second-order valence-corrected chi connectivity index (χ2v) is 5.48. The number of carbonyl (C=O) groups excluding carboxylic acids is 1. The number of amides is 1. The largest absolute Gasteiger partial charge is 0.420 e. The normalized spacial score (nSPS) is 11.7. The highest BCUT2D eigenvalue weighted by atomic mass is 16.4. The van der Waals surface area contributed by atoms with Gasteiger partial charge < -0.3 is 15.5 Å². The van der Waals surface area contributed by atoms with Crippen LogP contribution in [0.5, 0.6) is 0 Å². The van der Waals surface area contributed by atoms with E-state index in [4.69, 9.17) is 10.2 Å². The van der Waals surface area contributed by atoms with Crippen LogP contribution in [0.3, 0.4) is 0 Å². The molecule has 2 aromatic rings. The lowest BCUT2D eigenvalue weighted by Gasteiger charge is -2.20. The van der Waals surface area contributed by atoms with Gasteiger partial charge in [0.1, 0.15) is 6.54 Å². The first-order valence-electron chi connectivity index (χ1n) is 5.96. The van der Waals surface area contributed by atoms with Gasteiger partial charge in [0.25, 0.3) is 0 Å². The quantitative estimate of drug-likeness (QED) is 0.794. The van der Waals surface area contributed by atoms with Gasteiger partial charge in [-0.25, -0.2) is 4.79 Å². The summed E-state index contributed by atoms with van der Waals surface area (Å²) in [5.74, 6) is -0.807. The van der Waals surface area contributed by atoms with E-state index < -0.39 is 5.76 Å². The molecule has 1 heterocycles. The fourth-order valence-electron chi connectivity index (χ4n) is 1.83. The molecule has 0 saturated heterocycles. The molecule has 2 rings (SSSR count). The van der Waals surface area contributed by atoms with Gasteiger partial charge in [0.15, 0.2) is 5.58 Å². The fraction of sp³-hybridized carbons (Fsp3) is 0.385. The number of benzene rings is 1. The SMILES string of the molecule is CC(C)(C)NC(=O)Cn1c(=O)oc2cc(N)ccc21. The average Bonchev–Trinajstić information content (AvgIpc) is 2.51. The standard InChI is InChI=1S/C13H17N3O3/c1-13(2,3)15-11(17)7-16-9-5-4-8(14)6-10(9)19-12(16)18/h4-6H,7,14H2,1-3H3,(H,15,17). The number of nitrogens with one attached hydrogen (secondary N) is 1. The summed E-state index contributed by atoms with van der Waals surface area (Å²) in [6.07, 6.45) is 0. The van der Waals surface area contributed by atoms with Crippen LogP contribution in [0.2, 0.25) is 0 Å². The van der Waals surface area contributed by atoms with Crippen LogP contribution in [0.1, 0.15) is 20.8 Å². The van der Waals surface area contributed by atoms with Crippen LogP contribution in [0.4, 0.5) is 5.69 Å². The van der Waals surface area contributed by atoms with Crippen LogP contribution in [0.25, 0.3) is 11.1 Å². The van der Waals surface area contributed by atoms with Crippen LogP contribution in [0.15, 0.2) is 27.4 Å². The molecule has 1 aromatic carbocycles. The van der Waals surface area contributed by atoms with Crippen molar-refractivity contribution in [3.63, 3.8) is 0 Å². The van der Waals surface area contributed by atoms with Crippen molar-refractivity contribution in [1.82, 2.24) is 9.88 Å². The van der Waals surface area contributed by atoms with Crippen LogP contribution >= 0.6 is 0 Å². The second kappa shape index (κ2) is 4.46. The Kier molecular flexibility index (Phi) is 3.09. The fourth-order valence-corrected chi connectivity index (χ4v) is 1.83. The van der Waals surface area contributed by atoms with E-state index in [1.165, 1.54) is 4.57 Å². The molecule has 1 aromatic heterocycles. The van der Waals surface area contributed by atoms with Crippen LogP contribution in [-0.2, 0) is 11.3 Å². The molecule has 3 N–H and O–H groups in total. The second-order valence-electron chi connectivity index (χ2n) is 5.48. The molecular weight excluding hydrogens is 246 g/mol. The van der Waals surface area contributed by atoms with Gasteiger partial charge in [-0.2, -0.15) is 0 Å². The molecule has 0 aliphatic rings. The Morgan fingerprint density at radius 3 is 2.74 bits per heavy atom. The lowest BCUT2D eigenvalue weighted by Crippen LogP contribution is -2.43. The number of nitrogens with two attached hydrogens (primary N) is 1. The number of nitrogen functional groups attached to an aromatic ring is 1. The van der Waals surface area contributed by atoms with Crippen LogP contribution < -0.4 is 16.8 Å². The van der Waals surface area contributed by atoms with Crippen LogP contribution in [0, 0.1) is 0 Å². The number of nitrogens with zero attached hydrogens (tertiary/aromatic N) is 1. The summed E-state index contributed by atoms with van der Waals surface area (Å²) in [4.78, 5) is 23.6. The van der Waals surface area contributed by atoms with Gasteiger partial charge in [-0.15, -0.1) is 0 Å². The summed E-state index contributed by atoms with van der Waals surface area (Å²) in [7, 11) is 0.